The Morgan fingerprint density at radius 3 is 2.29 bits per heavy atom. The molecule has 0 spiro atoms. The summed E-state index contributed by atoms with van der Waals surface area (Å²) < 4.78 is 31.8. The smallest absolute Gasteiger partial charge is 0.255 e. The van der Waals surface area contributed by atoms with E-state index in [0.717, 1.165) is 12.1 Å². The van der Waals surface area contributed by atoms with Gasteiger partial charge in [-0.2, -0.15) is 0 Å². The van der Waals surface area contributed by atoms with Gasteiger partial charge in [-0.25, -0.2) is 8.78 Å². The van der Waals surface area contributed by atoms with Crippen LogP contribution < -0.4 is 10.1 Å². The maximum atomic E-state index is 13.2. The van der Waals surface area contributed by atoms with Gasteiger partial charge in [-0.1, -0.05) is 24.3 Å². The number of hydrogen-bond donors (Lipinski definition) is 1. The van der Waals surface area contributed by atoms with Crippen LogP contribution in [0.2, 0.25) is 0 Å². The van der Waals surface area contributed by atoms with E-state index in [1.165, 1.54) is 6.07 Å². The number of ether oxygens (including phenoxy) is 1. The summed E-state index contributed by atoms with van der Waals surface area (Å²) in [5.74, 6) is -1.28. The lowest BCUT2D eigenvalue weighted by molar-refractivity contribution is 0.102. The Balaban J connectivity index is 1.75. The van der Waals surface area contributed by atoms with Crippen molar-refractivity contribution in [2.24, 2.45) is 0 Å². The third-order valence-electron chi connectivity index (χ3n) is 3.25. The molecule has 0 fully saturated rings. The molecule has 3 rings (SSSR count). The van der Waals surface area contributed by atoms with Gasteiger partial charge in [0.15, 0.2) is 11.6 Å². The van der Waals surface area contributed by atoms with Crippen molar-refractivity contribution >= 4 is 11.6 Å². The standard InChI is InChI=1S/C19H13F2NO2/c20-17-10-9-14(12-18(17)21)22-19(23)13-5-4-8-16(11-13)24-15-6-2-1-3-7-15/h1-12H,(H,22,23). The minimum atomic E-state index is -1.02. The van der Waals surface area contributed by atoms with Crippen LogP contribution in [-0.2, 0) is 0 Å². The van der Waals surface area contributed by atoms with Gasteiger partial charge in [-0.05, 0) is 42.5 Å². The maximum Gasteiger partial charge on any atom is 0.255 e. The number of halogens is 2. The highest BCUT2D eigenvalue weighted by molar-refractivity contribution is 6.04. The van der Waals surface area contributed by atoms with Crippen LogP contribution in [0.1, 0.15) is 10.4 Å². The predicted octanol–water partition coefficient (Wildman–Crippen LogP) is 5.01. The van der Waals surface area contributed by atoms with Crippen molar-refractivity contribution in [3.05, 3.63) is 90.0 Å². The molecule has 3 aromatic carbocycles. The van der Waals surface area contributed by atoms with E-state index in [1.807, 2.05) is 18.2 Å². The van der Waals surface area contributed by atoms with Crippen LogP contribution in [0.15, 0.2) is 72.8 Å². The molecule has 0 aromatic heterocycles. The van der Waals surface area contributed by atoms with Gasteiger partial charge in [0.1, 0.15) is 11.5 Å². The van der Waals surface area contributed by atoms with Gasteiger partial charge in [0.2, 0.25) is 0 Å². The van der Waals surface area contributed by atoms with E-state index in [2.05, 4.69) is 5.32 Å². The summed E-state index contributed by atoms with van der Waals surface area (Å²) in [5.41, 5.74) is 0.515. The minimum Gasteiger partial charge on any atom is -0.457 e. The fourth-order valence-corrected chi connectivity index (χ4v) is 2.10. The molecule has 0 atom stereocenters. The van der Waals surface area contributed by atoms with E-state index >= 15 is 0 Å². The molecular weight excluding hydrogens is 312 g/mol. The van der Waals surface area contributed by atoms with Crippen molar-refractivity contribution < 1.29 is 18.3 Å². The number of anilines is 1. The Morgan fingerprint density at radius 2 is 1.54 bits per heavy atom. The number of hydrogen-bond acceptors (Lipinski definition) is 2. The van der Waals surface area contributed by atoms with Crippen LogP contribution in [0.5, 0.6) is 11.5 Å². The normalized spacial score (nSPS) is 10.2. The number of carbonyl (C=O) groups is 1. The second-order valence-electron chi connectivity index (χ2n) is 5.03. The van der Waals surface area contributed by atoms with Crippen LogP contribution in [0.3, 0.4) is 0 Å². The molecule has 0 saturated carbocycles. The first-order valence-electron chi connectivity index (χ1n) is 7.21. The zero-order valence-corrected chi connectivity index (χ0v) is 12.5. The summed E-state index contributed by atoms with van der Waals surface area (Å²) in [7, 11) is 0. The molecule has 120 valence electrons. The average Bonchev–Trinajstić information content (AvgIpc) is 2.59. The highest BCUT2D eigenvalue weighted by Gasteiger charge is 2.09. The van der Waals surface area contributed by atoms with Crippen LogP contribution in [0.4, 0.5) is 14.5 Å². The molecule has 0 unspecified atom stereocenters. The molecule has 0 saturated heterocycles. The van der Waals surface area contributed by atoms with Crippen molar-refractivity contribution in [1.29, 1.82) is 0 Å². The third kappa shape index (κ3) is 3.76. The van der Waals surface area contributed by atoms with Gasteiger partial charge >= 0.3 is 0 Å². The number of rotatable bonds is 4. The van der Waals surface area contributed by atoms with E-state index in [1.54, 1.807) is 36.4 Å². The zero-order valence-electron chi connectivity index (χ0n) is 12.5. The first kappa shape index (κ1) is 15.7. The van der Waals surface area contributed by atoms with Crippen LogP contribution in [0, 0.1) is 11.6 Å². The van der Waals surface area contributed by atoms with E-state index in [4.69, 9.17) is 4.74 Å². The second-order valence-corrected chi connectivity index (χ2v) is 5.03. The molecule has 0 aliphatic carbocycles. The van der Waals surface area contributed by atoms with Crippen LogP contribution in [0.25, 0.3) is 0 Å². The number of carbonyl (C=O) groups excluding carboxylic acids is 1. The molecule has 5 heteroatoms. The number of benzene rings is 3. The number of nitrogens with one attached hydrogen (secondary N) is 1. The summed E-state index contributed by atoms with van der Waals surface area (Å²) in [4.78, 5) is 12.2. The molecule has 3 nitrogen and oxygen atoms in total. The Labute approximate surface area is 137 Å². The summed E-state index contributed by atoms with van der Waals surface area (Å²) in [5, 5.41) is 2.52. The van der Waals surface area contributed by atoms with Crippen LogP contribution >= 0.6 is 0 Å². The lowest BCUT2D eigenvalue weighted by atomic mass is 10.2. The van der Waals surface area contributed by atoms with Gasteiger partial charge in [0, 0.05) is 17.3 Å². The van der Waals surface area contributed by atoms with Gasteiger partial charge in [-0.3, -0.25) is 4.79 Å². The highest BCUT2D eigenvalue weighted by atomic mass is 19.2. The fourth-order valence-electron chi connectivity index (χ4n) is 2.10. The molecule has 0 bridgehead atoms. The molecule has 0 radical (unpaired) electrons. The van der Waals surface area contributed by atoms with Gasteiger partial charge < -0.3 is 10.1 Å². The second kappa shape index (κ2) is 6.91. The first-order chi connectivity index (χ1) is 11.6. The quantitative estimate of drug-likeness (QED) is 0.732. The summed E-state index contributed by atoms with van der Waals surface area (Å²) in [6, 6.07) is 18.9. The fraction of sp³-hybridized carbons (Fsp3) is 0. The zero-order chi connectivity index (χ0) is 16.9. The van der Waals surface area contributed by atoms with Crippen molar-refractivity contribution in [1.82, 2.24) is 0 Å². The third-order valence-corrected chi connectivity index (χ3v) is 3.25. The Morgan fingerprint density at radius 1 is 0.792 bits per heavy atom. The van der Waals surface area contributed by atoms with Gasteiger partial charge in [0.25, 0.3) is 5.91 Å². The van der Waals surface area contributed by atoms with E-state index in [9.17, 15) is 13.6 Å². The predicted molar refractivity (Wildman–Crippen MR) is 87.3 cm³/mol. The monoisotopic (exact) mass is 325 g/mol. The number of amides is 1. The molecule has 0 heterocycles. The first-order valence-corrected chi connectivity index (χ1v) is 7.21. The average molecular weight is 325 g/mol. The van der Waals surface area contributed by atoms with Crippen molar-refractivity contribution in [2.45, 2.75) is 0 Å². The Hall–Kier alpha value is -3.21. The topological polar surface area (TPSA) is 38.3 Å². The molecule has 0 aliphatic rings. The molecule has 0 aliphatic heterocycles. The number of para-hydroxylation sites is 1. The molecule has 1 amide bonds. The highest BCUT2D eigenvalue weighted by Crippen LogP contribution is 2.22. The summed E-state index contributed by atoms with van der Waals surface area (Å²) in [6.07, 6.45) is 0. The SMILES string of the molecule is O=C(Nc1ccc(F)c(F)c1)c1cccc(Oc2ccccc2)c1. The van der Waals surface area contributed by atoms with Crippen molar-refractivity contribution in [3.8, 4) is 11.5 Å². The van der Waals surface area contributed by atoms with Crippen LogP contribution in [-0.4, -0.2) is 5.91 Å². The maximum absolute atomic E-state index is 13.2. The van der Waals surface area contributed by atoms with E-state index < -0.39 is 17.5 Å². The summed E-state index contributed by atoms with van der Waals surface area (Å²) >= 11 is 0. The van der Waals surface area contributed by atoms with Gasteiger partial charge in [0.05, 0.1) is 0 Å². The van der Waals surface area contributed by atoms with E-state index in [0.29, 0.717) is 17.1 Å². The molecular formula is C19H13F2NO2. The van der Waals surface area contributed by atoms with Crippen molar-refractivity contribution in [2.75, 3.05) is 5.32 Å². The van der Waals surface area contributed by atoms with Crippen molar-refractivity contribution in [3.63, 3.8) is 0 Å². The summed E-state index contributed by atoms with van der Waals surface area (Å²) in [6.45, 7) is 0. The molecule has 3 aromatic rings. The van der Waals surface area contributed by atoms with E-state index in [-0.39, 0.29) is 5.69 Å². The Kier molecular flexibility index (Phi) is 4.52. The molecule has 1 N–H and O–H groups in total. The lowest BCUT2D eigenvalue weighted by Gasteiger charge is -2.09. The minimum absolute atomic E-state index is 0.174. The lowest BCUT2D eigenvalue weighted by Crippen LogP contribution is -2.12. The Bertz CT molecular complexity index is 866. The van der Waals surface area contributed by atoms with Gasteiger partial charge in [-0.15, -0.1) is 0 Å². The molecule has 24 heavy (non-hydrogen) atoms. The largest absolute Gasteiger partial charge is 0.457 e.